The van der Waals surface area contributed by atoms with Gasteiger partial charge in [-0.3, -0.25) is 4.79 Å². The lowest BCUT2D eigenvalue weighted by atomic mass is 9.68. The van der Waals surface area contributed by atoms with Gasteiger partial charge in [-0.2, -0.15) is 0 Å². The van der Waals surface area contributed by atoms with Gasteiger partial charge in [-0.15, -0.1) is 13.2 Å². The molecule has 3 aliphatic rings. The van der Waals surface area contributed by atoms with E-state index in [-0.39, 0.29) is 28.7 Å². The average molecular weight is 637 g/mol. The van der Waals surface area contributed by atoms with Crippen molar-refractivity contribution in [3.63, 3.8) is 0 Å². The summed E-state index contributed by atoms with van der Waals surface area (Å²) in [5, 5.41) is 33.2. The van der Waals surface area contributed by atoms with Crippen LogP contribution >= 0.6 is 11.6 Å². The van der Waals surface area contributed by atoms with Crippen LogP contribution in [0.15, 0.2) is 61.7 Å². The number of aliphatic hydroxyl groups is 2. The van der Waals surface area contributed by atoms with Crippen LogP contribution in [0.2, 0.25) is 5.02 Å². The number of carbonyl (C=O) groups excluding carboxylic acids is 1. The van der Waals surface area contributed by atoms with Gasteiger partial charge in [-0.1, -0.05) is 42.8 Å². The largest absolute Gasteiger partial charge is 0.490 e. The zero-order valence-corrected chi connectivity index (χ0v) is 27.0. The van der Waals surface area contributed by atoms with Crippen LogP contribution in [0.25, 0.3) is 0 Å². The van der Waals surface area contributed by atoms with Crippen LogP contribution in [-0.2, 0) is 27.0 Å². The first-order chi connectivity index (χ1) is 21.4. The van der Waals surface area contributed by atoms with Crippen molar-refractivity contribution in [3.05, 3.63) is 83.4 Å². The molecule has 0 aromatic heterocycles. The molecule has 5 rings (SSSR count). The third-order valence-electron chi connectivity index (χ3n) is 10.3. The SMILES string of the molecule is C=C[C@@H](C)CN(C)C(=O)CC(O)(C(=O)O)c1ccc2c(c1)N(C[C@@H]1CC[C@H]1[C@@H](O)C=C)C[C@@]1(CCCc3cc(Cl)ccc31)CO2. The molecule has 45 heavy (non-hydrogen) atoms. The van der Waals surface area contributed by atoms with Gasteiger partial charge in [0.05, 0.1) is 24.8 Å². The van der Waals surface area contributed by atoms with Crippen LogP contribution < -0.4 is 9.64 Å². The molecule has 2 aromatic carbocycles. The summed E-state index contributed by atoms with van der Waals surface area (Å²) in [5.74, 6) is -1.10. The van der Waals surface area contributed by atoms with Gasteiger partial charge in [0.1, 0.15) is 5.75 Å². The number of aliphatic carboxylic acids is 1. The summed E-state index contributed by atoms with van der Waals surface area (Å²) in [6, 6.07) is 11.0. The Morgan fingerprint density at radius 1 is 1.22 bits per heavy atom. The number of ether oxygens (including phenoxy) is 1. The minimum absolute atomic E-state index is 0.0123. The van der Waals surface area contributed by atoms with Crippen LogP contribution in [0.4, 0.5) is 5.69 Å². The number of nitrogens with zero attached hydrogens (tertiary/aromatic N) is 2. The van der Waals surface area contributed by atoms with E-state index in [1.54, 1.807) is 37.4 Å². The van der Waals surface area contributed by atoms with Crippen molar-refractivity contribution in [1.29, 1.82) is 0 Å². The van der Waals surface area contributed by atoms with Gasteiger partial charge in [0.2, 0.25) is 5.91 Å². The molecule has 1 heterocycles. The first kappa shape index (κ1) is 33.0. The highest BCUT2D eigenvalue weighted by atomic mass is 35.5. The zero-order valence-electron chi connectivity index (χ0n) is 26.3. The number of aryl methyl sites for hydroxylation is 1. The van der Waals surface area contributed by atoms with Crippen molar-refractivity contribution in [3.8, 4) is 5.75 Å². The summed E-state index contributed by atoms with van der Waals surface area (Å²) < 4.78 is 6.54. The Bertz CT molecular complexity index is 1460. The number of benzene rings is 2. The molecule has 2 aromatic rings. The van der Waals surface area contributed by atoms with E-state index in [4.69, 9.17) is 16.3 Å². The fourth-order valence-corrected chi connectivity index (χ4v) is 7.56. The molecule has 2 aliphatic carbocycles. The number of carbonyl (C=O) groups is 2. The second kappa shape index (κ2) is 13.2. The second-order valence-corrected chi connectivity index (χ2v) is 13.8. The van der Waals surface area contributed by atoms with E-state index in [1.807, 2.05) is 19.1 Å². The average Bonchev–Trinajstić information content (AvgIpc) is 3.15. The second-order valence-electron chi connectivity index (χ2n) is 13.3. The Morgan fingerprint density at radius 2 is 2.00 bits per heavy atom. The maximum atomic E-state index is 13.2. The van der Waals surface area contributed by atoms with Crippen molar-refractivity contribution in [1.82, 2.24) is 4.90 Å². The molecular formula is C36H45ClN2O6. The Kier molecular flexibility index (Phi) is 9.68. The maximum Gasteiger partial charge on any atom is 0.340 e. The number of anilines is 1. The Hall–Kier alpha value is -3.33. The molecule has 1 fully saturated rings. The summed E-state index contributed by atoms with van der Waals surface area (Å²) in [6.45, 7) is 11.5. The molecule has 1 amide bonds. The van der Waals surface area contributed by atoms with Crippen LogP contribution in [0.3, 0.4) is 0 Å². The Morgan fingerprint density at radius 3 is 2.67 bits per heavy atom. The van der Waals surface area contributed by atoms with Crippen molar-refractivity contribution in [2.45, 2.75) is 62.6 Å². The molecule has 8 nitrogen and oxygen atoms in total. The Labute approximate surface area is 270 Å². The number of halogens is 1. The zero-order chi connectivity index (χ0) is 32.5. The molecule has 1 saturated carbocycles. The summed E-state index contributed by atoms with van der Waals surface area (Å²) in [7, 11) is 1.60. The number of hydrogen-bond donors (Lipinski definition) is 3. The fourth-order valence-electron chi connectivity index (χ4n) is 7.36. The topological polar surface area (TPSA) is 111 Å². The summed E-state index contributed by atoms with van der Waals surface area (Å²) >= 11 is 6.39. The molecule has 0 radical (unpaired) electrons. The minimum Gasteiger partial charge on any atom is -0.490 e. The minimum atomic E-state index is -2.44. The van der Waals surface area contributed by atoms with Gasteiger partial charge in [0, 0.05) is 37.1 Å². The van der Waals surface area contributed by atoms with Crippen LogP contribution in [0, 0.1) is 17.8 Å². The lowest BCUT2D eigenvalue weighted by Crippen LogP contribution is -2.49. The molecule has 3 N–H and O–H groups in total. The summed E-state index contributed by atoms with van der Waals surface area (Å²) in [4.78, 5) is 29.5. The molecule has 9 heteroatoms. The molecule has 0 bridgehead atoms. The molecule has 242 valence electrons. The van der Waals surface area contributed by atoms with Crippen LogP contribution in [-0.4, -0.2) is 71.5 Å². The predicted molar refractivity (Wildman–Crippen MR) is 176 cm³/mol. The first-order valence-corrected chi connectivity index (χ1v) is 16.2. The van der Waals surface area contributed by atoms with E-state index in [0.29, 0.717) is 42.7 Å². The van der Waals surface area contributed by atoms with E-state index >= 15 is 0 Å². The standard InChI is InChI=1S/C36H45ClN2O6/c1-5-23(3)19-38(4)33(41)18-36(44,34(42)43)26-10-14-32-30(17-26)39(20-25-9-12-28(25)31(40)6-2)21-35(22-45-32)15-7-8-24-16-27(37)11-13-29(24)35/h5-6,10-11,13-14,16-17,23,25,28,31,40,44H,1-2,7-9,12,15,18-22H2,3-4H3,(H,42,43)/t23-,25+,28-,31+,35+,36?/m1/s1. The van der Waals surface area contributed by atoms with Gasteiger partial charge in [0.25, 0.3) is 0 Å². The highest BCUT2D eigenvalue weighted by Gasteiger charge is 2.46. The summed E-state index contributed by atoms with van der Waals surface area (Å²) in [5.41, 5.74) is 0.420. The molecular weight excluding hydrogens is 592 g/mol. The van der Waals surface area contributed by atoms with Crippen molar-refractivity contribution < 1.29 is 29.6 Å². The van der Waals surface area contributed by atoms with Gasteiger partial charge in [0.15, 0.2) is 5.60 Å². The molecule has 1 spiro atoms. The lowest BCUT2D eigenvalue weighted by Gasteiger charge is -2.45. The number of fused-ring (bicyclic) bond motifs is 3. The quantitative estimate of drug-likeness (QED) is 0.286. The fraction of sp³-hybridized carbons (Fsp3) is 0.500. The number of carboxylic acid groups (broad SMARTS) is 1. The normalized spacial score (nSPS) is 24.9. The Balaban J connectivity index is 1.53. The number of rotatable bonds is 11. The molecule has 0 saturated heterocycles. The first-order valence-electron chi connectivity index (χ1n) is 15.8. The van der Waals surface area contributed by atoms with E-state index < -0.39 is 30.0 Å². The molecule has 1 unspecified atom stereocenters. The molecule has 1 aliphatic heterocycles. The third kappa shape index (κ3) is 6.51. The number of carboxylic acids is 1. The van der Waals surface area contributed by atoms with Gasteiger partial charge >= 0.3 is 5.97 Å². The number of amides is 1. The van der Waals surface area contributed by atoms with Crippen LogP contribution in [0.5, 0.6) is 5.75 Å². The monoisotopic (exact) mass is 636 g/mol. The van der Waals surface area contributed by atoms with Crippen molar-refractivity contribution >= 4 is 29.2 Å². The smallest absolute Gasteiger partial charge is 0.340 e. The van der Waals surface area contributed by atoms with E-state index in [0.717, 1.165) is 32.1 Å². The van der Waals surface area contributed by atoms with Gasteiger partial charge < -0.3 is 29.9 Å². The van der Waals surface area contributed by atoms with Crippen LogP contribution in [0.1, 0.15) is 55.7 Å². The van der Waals surface area contributed by atoms with E-state index in [2.05, 4.69) is 24.1 Å². The highest BCUT2D eigenvalue weighted by Crippen LogP contribution is 2.47. The van der Waals surface area contributed by atoms with Crippen molar-refractivity contribution in [2.24, 2.45) is 17.8 Å². The van der Waals surface area contributed by atoms with Gasteiger partial charge in [-0.25, -0.2) is 4.79 Å². The summed E-state index contributed by atoms with van der Waals surface area (Å²) in [6.07, 6.45) is 6.77. The highest BCUT2D eigenvalue weighted by molar-refractivity contribution is 6.30. The number of hydrogen-bond acceptors (Lipinski definition) is 6. The predicted octanol–water partition coefficient (Wildman–Crippen LogP) is 5.33. The molecule has 6 atom stereocenters. The van der Waals surface area contributed by atoms with E-state index in [1.165, 1.54) is 16.0 Å². The maximum absolute atomic E-state index is 13.2. The third-order valence-corrected chi connectivity index (χ3v) is 10.5. The van der Waals surface area contributed by atoms with Crippen molar-refractivity contribution in [2.75, 3.05) is 38.2 Å². The van der Waals surface area contributed by atoms with E-state index in [9.17, 15) is 24.9 Å². The number of aliphatic hydroxyl groups excluding tert-OH is 1. The lowest BCUT2D eigenvalue weighted by molar-refractivity contribution is -0.164. The van der Waals surface area contributed by atoms with Gasteiger partial charge in [-0.05, 0) is 90.8 Å².